The highest BCUT2D eigenvalue weighted by atomic mass is 16.5. The zero-order valence-corrected chi connectivity index (χ0v) is 13.3. The van der Waals surface area contributed by atoms with Gasteiger partial charge in [0.25, 0.3) is 0 Å². The van der Waals surface area contributed by atoms with Crippen LogP contribution in [-0.4, -0.2) is 55.7 Å². The fourth-order valence-corrected chi connectivity index (χ4v) is 2.61. The Morgan fingerprint density at radius 1 is 1.40 bits per heavy atom. The van der Waals surface area contributed by atoms with E-state index in [0.29, 0.717) is 0 Å². The van der Waals surface area contributed by atoms with Gasteiger partial charge in [0.1, 0.15) is 0 Å². The molecular formula is C15H31N3O2. The average molecular weight is 285 g/mol. The topological polar surface area (TPSA) is 67.6 Å². The number of hydrogen-bond acceptors (Lipinski definition) is 4. The van der Waals surface area contributed by atoms with Gasteiger partial charge in [-0.05, 0) is 52.1 Å². The molecule has 0 radical (unpaired) electrons. The number of rotatable bonds is 12. The Labute approximate surface area is 123 Å². The first-order valence-corrected chi connectivity index (χ1v) is 7.81. The molecule has 0 spiro atoms. The first kappa shape index (κ1) is 17.4. The summed E-state index contributed by atoms with van der Waals surface area (Å²) in [7, 11) is 1.75. The number of carbonyl (C=O) groups is 1. The summed E-state index contributed by atoms with van der Waals surface area (Å²) in [6.07, 6.45) is 5.57. The first-order chi connectivity index (χ1) is 9.53. The van der Waals surface area contributed by atoms with E-state index >= 15 is 0 Å². The van der Waals surface area contributed by atoms with Gasteiger partial charge >= 0.3 is 0 Å². The molecule has 0 aliphatic heterocycles. The fraction of sp³-hybridized carbons (Fsp3) is 0.933. The lowest BCUT2D eigenvalue weighted by Crippen LogP contribution is -2.53. The second kappa shape index (κ2) is 8.60. The van der Waals surface area contributed by atoms with Crippen molar-refractivity contribution in [2.24, 2.45) is 5.73 Å². The molecule has 0 aromatic heterocycles. The van der Waals surface area contributed by atoms with Crippen LogP contribution in [0.15, 0.2) is 0 Å². The van der Waals surface area contributed by atoms with Crippen LogP contribution in [0.1, 0.15) is 46.0 Å². The number of nitrogens with zero attached hydrogens (tertiary/aromatic N) is 1. The van der Waals surface area contributed by atoms with Gasteiger partial charge in [0.2, 0.25) is 5.91 Å². The smallest absolute Gasteiger partial charge is 0.237 e. The number of primary amides is 1. The Morgan fingerprint density at radius 3 is 2.60 bits per heavy atom. The highest BCUT2D eigenvalue weighted by Gasteiger charge is 2.30. The lowest BCUT2D eigenvalue weighted by molar-refractivity contribution is -0.124. The third-order valence-corrected chi connectivity index (χ3v) is 4.13. The first-order valence-electron chi connectivity index (χ1n) is 7.81. The van der Waals surface area contributed by atoms with Crippen LogP contribution in [0.3, 0.4) is 0 Å². The van der Waals surface area contributed by atoms with Crippen molar-refractivity contribution in [2.45, 2.75) is 57.5 Å². The van der Waals surface area contributed by atoms with Crippen LogP contribution in [0.25, 0.3) is 0 Å². The molecule has 0 bridgehead atoms. The van der Waals surface area contributed by atoms with Gasteiger partial charge < -0.3 is 15.8 Å². The van der Waals surface area contributed by atoms with Crippen molar-refractivity contribution in [1.29, 1.82) is 0 Å². The van der Waals surface area contributed by atoms with E-state index in [0.717, 1.165) is 51.5 Å². The van der Waals surface area contributed by atoms with E-state index in [1.807, 2.05) is 13.8 Å². The molecule has 1 fully saturated rings. The van der Waals surface area contributed by atoms with E-state index in [-0.39, 0.29) is 5.91 Å². The number of unbranched alkanes of at least 4 members (excludes halogenated alkanes) is 1. The van der Waals surface area contributed by atoms with E-state index in [4.69, 9.17) is 10.5 Å². The van der Waals surface area contributed by atoms with Crippen molar-refractivity contribution >= 4 is 5.91 Å². The minimum atomic E-state index is -0.564. The number of likely N-dealkylation sites (N-methyl/N-ethyl adjacent to an activating group) is 1. The number of amides is 1. The lowest BCUT2D eigenvalue weighted by atomic mass is 9.94. The SMILES string of the molecule is CCNC(C)(CCCCN(CCOC)C1CC1)C(N)=O. The standard InChI is InChI=1S/C15H31N3O2/c1-4-17-15(2,14(16)19)9-5-6-10-18(11-12-20-3)13-7-8-13/h13,17H,4-12H2,1-3H3,(H2,16,19). The van der Waals surface area contributed by atoms with Gasteiger partial charge in [-0.25, -0.2) is 0 Å². The summed E-state index contributed by atoms with van der Waals surface area (Å²) >= 11 is 0. The Bertz CT molecular complexity index is 295. The van der Waals surface area contributed by atoms with E-state index in [2.05, 4.69) is 10.2 Å². The van der Waals surface area contributed by atoms with Gasteiger partial charge in [0.15, 0.2) is 0 Å². The molecule has 3 N–H and O–H groups in total. The molecule has 20 heavy (non-hydrogen) atoms. The van der Waals surface area contributed by atoms with E-state index < -0.39 is 5.54 Å². The average Bonchev–Trinajstić information content (AvgIpc) is 3.22. The van der Waals surface area contributed by atoms with E-state index in [1.165, 1.54) is 12.8 Å². The number of nitrogens with two attached hydrogens (primary N) is 1. The van der Waals surface area contributed by atoms with Gasteiger partial charge in [-0.15, -0.1) is 0 Å². The Morgan fingerprint density at radius 2 is 2.10 bits per heavy atom. The maximum atomic E-state index is 11.5. The number of carbonyl (C=O) groups excluding carboxylic acids is 1. The normalized spacial score (nSPS) is 18.2. The van der Waals surface area contributed by atoms with Crippen LogP contribution in [0.2, 0.25) is 0 Å². The molecule has 1 unspecified atom stereocenters. The number of ether oxygens (including phenoxy) is 1. The van der Waals surface area contributed by atoms with E-state index in [9.17, 15) is 4.79 Å². The monoisotopic (exact) mass is 285 g/mol. The molecule has 1 atom stereocenters. The summed E-state index contributed by atoms with van der Waals surface area (Å²) in [6.45, 7) is 7.58. The Balaban J connectivity index is 2.25. The second-order valence-corrected chi connectivity index (χ2v) is 5.94. The Hall–Kier alpha value is -0.650. The van der Waals surface area contributed by atoms with Crippen molar-refractivity contribution in [3.63, 3.8) is 0 Å². The highest BCUT2D eigenvalue weighted by Crippen LogP contribution is 2.27. The summed E-state index contributed by atoms with van der Waals surface area (Å²) in [5.74, 6) is -0.252. The highest BCUT2D eigenvalue weighted by molar-refractivity contribution is 5.84. The molecule has 0 heterocycles. The molecule has 1 saturated carbocycles. The maximum absolute atomic E-state index is 11.5. The Kier molecular flexibility index (Phi) is 7.48. The predicted molar refractivity (Wildman–Crippen MR) is 81.6 cm³/mol. The van der Waals surface area contributed by atoms with Crippen LogP contribution >= 0.6 is 0 Å². The summed E-state index contributed by atoms with van der Waals surface area (Å²) in [4.78, 5) is 14.0. The summed E-state index contributed by atoms with van der Waals surface area (Å²) in [5.41, 5.74) is 4.93. The van der Waals surface area contributed by atoms with Gasteiger partial charge in [-0.2, -0.15) is 0 Å². The van der Waals surface area contributed by atoms with Gasteiger partial charge in [0.05, 0.1) is 12.1 Å². The molecule has 0 saturated heterocycles. The lowest BCUT2D eigenvalue weighted by Gasteiger charge is -2.27. The largest absolute Gasteiger partial charge is 0.383 e. The quantitative estimate of drug-likeness (QED) is 0.527. The minimum absolute atomic E-state index is 0.252. The zero-order chi connectivity index (χ0) is 15.0. The molecule has 118 valence electrons. The molecule has 1 aliphatic rings. The molecule has 1 rings (SSSR count). The van der Waals surface area contributed by atoms with Crippen molar-refractivity contribution in [3.8, 4) is 0 Å². The second-order valence-electron chi connectivity index (χ2n) is 5.94. The van der Waals surface area contributed by atoms with Crippen molar-refractivity contribution in [2.75, 3.05) is 33.4 Å². The molecule has 0 aromatic carbocycles. The van der Waals surface area contributed by atoms with Crippen LogP contribution < -0.4 is 11.1 Å². The van der Waals surface area contributed by atoms with Crippen molar-refractivity contribution in [1.82, 2.24) is 10.2 Å². The van der Waals surface area contributed by atoms with E-state index in [1.54, 1.807) is 7.11 Å². The number of nitrogens with one attached hydrogen (secondary N) is 1. The van der Waals surface area contributed by atoms with Crippen LogP contribution in [0.4, 0.5) is 0 Å². The van der Waals surface area contributed by atoms with Gasteiger partial charge in [-0.1, -0.05) is 6.92 Å². The van der Waals surface area contributed by atoms with Crippen LogP contribution in [0, 0.1) is 0 Å². The molecule has 0 aromatic rings. The number of hydrogen-bond donors (Lipinski definition) is 2. The third-order valence-electron chi connectivity index (χ3n) is 4.13. The third kappa shape index (κ3) is 5.77. The summed E-state index contributed by atoms with van der Waals surface area (Å²) in [5, 5.41) is 3.21. The molecule has 1 amide bonds. The predicted octanol–water partition coefficient (Wildman–Crippen LogP) is 1.12. The fourth-order valence-electron chi connectivity index (χ4n) is 2.61. The van der Waals surface area contributed by atoms with Gasteiger partial charge in [-0.3, -0.25) is 9.69 Å². The summed E-state index contributed by atoms with van der Waals surface area (Å²) in [6, 6.07) is 0.765. The summed E-state index contributed by atoms with van der Waals surface area (Å²) < 4.78 is 5.16. The molecule has 5 heteroatoms. The maximum Gasteiger partial charge on any atom is 0.237 e. The molecule has 5 nitrogen and oxygen atoms in total. The zero-order valence-electron chi connectivity index (χ0n) is 13.3. The number of methoxy groups -OCH3 is 1. The minimum Gasteiger partial charge on any atom is -0.383 e. The molecular weight excluding hydrogens is 254 g/mol. The van der Waals surface area contributed by atoms with Crippen molar-refractivity contribution < 1.29 is 9.53 Å². The van der Waals surface area contributed by atoms with Crippen molar-refractivity contribution in [3.05, 3.63) is 0 Å². The van der Waals surface area contributed by atoms with Crippen LogP contribution in [-0.2, 0) is 9.53 Å². The molecule has 1 aliphatic carbocycles. The van der Waals surface area contributed by atoms with Crippen LogP contribution in [0.5, 0.6) is 0 Å². The van der Waals surface area contributed by atoms with Gasteiger partial charge in [0, 0.05) is 19.7 Å².